The Balaban J connectivity index is 1.63. The lowest BCUT2D eigenvalue weighted by Gasteiger charge is -2.09. The van der Waals surface area contributed by atoms with Crippen LogP contribution in [-0.4, -0.2) is 6.03 Å². The van der Waals surface area contributed by atoms with Crippen LogP contribution in [0.15, 0.2) is 60.0 Å². The van der Waals surface area contributed by atoms with Crippen LogP contribution in [0.25, 0.3) is 10.4 Å². The van der Waals surface area contributed by atoms with E-state index in [1.807, 2.05) is 30.3 Å². The van der Waals surface area contributed by atoms with Crippen LogP contribution in [-0.2, 0) is 6.54 Å². The Morgan fingerprint density at radius 3 is 2.76 bits per heavy atom. The number of hydrogen-bond acceptors (Lipinski definition) is 3. The number of aryl methyl sites for hydroxylation is 1. The molecule has 2 N–H and O–H groups in total. The van der Waals surface area contributed by atoms with E-state index in [-0.39, 0.29) is 6.03 Å². The maximum absolute atomic E-state index is 12.1. The molecule has 4 nitrogen and oxygen atoms in total. The van der Waals surface area contributed by atoms with Crippen LogP contribution in [0.1, 0.15) is 16.7 Å². The molecule has 1 aromatic heterocycles. The fourth-order valence-electron chi connectivity index (χ4n) is 2.52. The fourth-order valence-corrected chi connectivity index (χ4v) is 3.44. The number of thiophene rings is 1. The van der Waals surface area contributed by atoms with Crippen molar-refractivity contribution in [2.45, 2.75) is 13.5 Å². The number of benzene rings is 2. The van der Waals surface area contributed by atoms with Crippen LogP contribution < -0.4 is 10.6 Å². The molecule has 5 heteroatoms. The second-order valence-electron chi connectivity index (χ2n) is 5.63. The molecule has 0 bridgehead atoms. The van der Waals surface area contributed by atoms with E-state index in [4.69, 9.17) is 5.26 Å². The van der Waals surface area contributed by atoms with Crippen molar-refractivity contribution in [3.8, 4) is 16.5 Å². The van der Waals surface area contributed by atoms with Gasteiger partial charge in [0, 0.05) is 17.1 Å². The summed E-state index contributed by atoms with van der Waals surface area (Å²) in [6, 6.07) is 18.9. The molecule has 0 aliphatic carbocycles. The van der Waals surface area contributed by atoms with E-state index in [0.29, 0.717) is 12.1 Å². The molecule has 25 heavy (non-hydrogen) atoms. The van der Waals surface area contributed by atoms with Crippen molar-refractivity contribution in [3.63, 3.8) is 0 Å². The highest BCUT2D eigenvalue weighted by atomic mass is 32.1. The molecule has 3 aromatic rings. The summed E-state index contributed by atoms with van der Waals surface area (Å²) in [5, 5.41) is 16.6. The lowest BCUT2D eigenvalue weighted by atomic mass is 10.1. The number of rotatable bonds is 4. The summed E-state index contributed by atoms with van der Waals surface area (Å²) in [4.78, 5) is 13.3. The molecule has 0 spiro atoms. The Labute approximate surface area is 150 Å². The number of anilines is 1. The van der Waals surface area contributed by atoms with Crippen LogP contribution in [0.5, 0.6) is 0 Å². The average Bonchev–Trinajstić information content (AvgIpc) is 3.06. The molecule has 0 aliphatic rings. The van der Waals surface area contributed by atoms with E-state index in [1.165, 1.54) is 10.4 Å². The zero-order chi connectivity index (χ0) is 17.6. The minimum absolute atomic E-state index is 0.276. The van der Waals surface area contributed by atoms with Gasteiger partial charge in [-0.1, -0.05) is 24.3 Å². The standard InChI is InChI=1S/C20H17N3OS/c1-14-8-9-25-19(14)17-6-3-7-18(11-17)23-20(24)22-13-16-5-2-4-15(10-16)12-21/h2-11H,13H2,1H3,(H2,22,23,24). The summed E-state index contributed by atoms with van der Waals surface area (Å²) in [7, 11) is 0. The first kappa shape index (κ1) is 16.7. The zero-order valence-corrected chi connectivity index (χ0v) is 14.6. The predicted octanol–water partition coefficient (Wildman–Crippen LogP) is 4.92. The van der Waals surface area contributed by atoms with Crippen molar-refractivity contribution in [1.29, 1.82) is 5.26 Å². The second kappa shape index (κ2) is 7.65. The molecule has 2 aromatic carbocycles. The Kier molecular flexibility index (Phi) is 5.12. The third-order valence-electron chi connectivity index (χ3n) is 3.75. The maximum atomic E-state index is 12.1. The maximum Gasteiger partial charge on any atom is 0.319 e. The van der Waals surface area contributed by atoms with Crippen molar-refractivity contribution in [3.05, 3.63) is 76.7 Å². The number of nitrogens with zero attached hydrogens (tertiary/aromatic N) is 1. The van der Waals surface area contributed by atoms with E-state index in [9.17, 15) is 4.79 Å². The van der Waals surface area contributed by atoms with Gasteiger partial charge in [-0.25, -0.2) is 4.79 Å². The SMILES string of the molecule is Cc1ccsc1-c1cccc(NC(=O)NCc2cccc(C#N)c2)c1. The van der Waals surface area contributed by atoms with Gasteiger partial charge >= 0.3 is 6.03 Å². The first-order chi connectivity index (χ1) is 12.2. The van der Waals surface area contributed by atoms with Gasteiger partial charge in [0.1, 0.15) is 0 Å². The highest BCUT2D eigenvalue weighted by Crippen LogP contribution is 2.30. The molecule has 0 saturated carbocycles. The topological polar surface area (TPSA) is 64.9 Å². The Hall–Kier alpha value is -3.10. The van der Waals surface area contributed by atoms with E-state index < -0.39 is 0 Å². The van der Waals surface area contributed by atoms with Gasteiger partial charge in [-0.3, -0.25) is 0 Å². The van der Waals surface area contributed by atoms with Gasteiger partial charge in [0.25, 0.3) is 0 Å². The summed E-state index contributed by atoms with van der Waals surface area (Å²) in [5.74, 6) is 0. The van der Waals surface area contributed by atoms with Crippen LogP contribution >= 0.6 is 11.3 Å². The molecule has 0 fully saturated rings. The van der Waals surface area contributed by atoms with Crippen LogP contribution in [0.3, 0.4) is 0 Å². The quantitative estimate of drug-likeness (QED) is 0.704. The molecule has 0 atom stereocenters. The molecule has 0 aliphatic heterocycles. The highest BCUT2D eigenvalue weighted by Gasteiger charge is 2.06. The number of nitrogens with one attached hydrogen (secondary N) is 2. The molecule has 124 valence electrons. The number of nitriles is 1. The van der Waals surface area contributed by atoms with Crippen molar-refractivity contribution in [2.75, 3.05) is 5.32 Å². The summed E-state index contributed by atoms with van der Waals surface area (Å²) >= 11 is 1.69. The van der Waals surface area contributed by atoms with E-state index >= 15 is 0 Å². The minimum Gasteiger partial charge on any atom is -0.334 e. The third-order valence-corrected chi connectivity index (χ3v) is 4.82. The van der Waals surface area contributed by atoms with Crippen molar-refractivity contribution >= 4 is 23.1 Å². The summed E-state index contributed by atoms with van der Waals surface area (Å²) in [6.07, 6.45) is 0. The smallest absolute Gasteiger partial charge is 0.319 e. The van der Waals surface area contributed by atoms with Gasteiger partial charge in [0.05, 0.1) is 11.6 Å². The first-order valence-corrected chi connectivity index (χ1v) is 8.72. The van der Waals surface area contributed by atoms with Crippen molar-refractivity contribution < 1.29 is 4.79 Å². The zero-order valence-electron chi connectivity index (χ0n) is 13.7. The minimum atomic E-state index is -0.276. The predicted molar refractivity (Wildman–Crippen MR) is 102 cm³/mol. The molecule has 0 saturated heterocycles. The Bertz CT molecular complexity index is 940. The van der Waals surface area contributed by atoms with Crippen LogP contribution in [0.2, 0.25) is 0 Å². The van der Waals surface area contributed by atoms with Gasteiger partial charge in [-0.15, -0.1) is 11.3 Å². The lowest BCUT2D eigenvalue weighted by molar-refractivity contribution is 0.251. The Morgan fingerprint density at radius 2 is 2.00 bits per heavy atom. The summed E-state index contributed by atoms with van der Waals surface area (Å²) in [5.41, 5.74) is 4.53. The van der Waals surface area contributed by atoms with Crippen LogP contribution in [0.4, 0.5) is 10.5 Å². The van der Waals surface area contributed by atoms with Crippen LogP contribution in [0, 0.1) is 18.3 Å². The number of urea groups is 1. The summed E-state index contributed by atoms with van der Waals surface area (Å²) in [6.45, 7) is 2.44. The summed E-state index contributed by atoms with van der Waals surface area (Å²) < 4.78 is 0. The second-order valence-corrected chi connectivity index (χ2v) is 6.55. The highest BCUT2D eigenvalue weighted by molar-refractivity contribution is 7.13. The fraction of sp³-hybridized carbons (Fsp3) is 0.100. The molecule has 3 rings (SSSR count). The third kappa shape index (κ3) is 4.25. The van der Waals surface area contributed by atoms with E-state index in [0.717, 1.165) is 16.8 Å². The lowest BCUT2D eigenvalue weighted by Crippen LogP contribution is -2.28. The largest absolute Gasteiger partial charge is 0.334 e. The van der Waals surface area contributed by atoms with Gasteiger partial charge < -0.3 is 10.6 Å². The van der Waals surface area contributed by atoms with Gasteiger partial charge in [-0.05, 0) is 59.3 Å². The van der Waals surface area contributed by atoms with Crippen molar-refractivity contribution in [2.24, 2.45) is 0 Å². The van der Waals surface area contributed by atoms with E-state index in [1.54, 1.807) is 29.5 Å². The Morgan fingerprint density at radius 1 is 1.16 bits per heavy atom. The number of hydrogen-bond donors (Lipinski definition) is 2. The first-order valence-electron chi connectivity index (χ1n) is 7.84. The van der Waals surface area contributed by atoms with Gasteiger partial charge in [0.15, 0.2) is 0 Å². The molecule has 0 unspecified atom stereocenters. The number of carbonyl (C=O) groups excluding carboxylic acids is 1. The van der Waals surface area contributed by atoms with E-state index in [2.05, 4.69) is 35.1 Å². The molecule has 0 radical (unpaired) electrons. The molecular weight excluding hydrogens is 330 g/mol. The monoisotopic (exact) mass is 347 g/mol. The normalized spacial score (nSPS) is 10.1. The molecule has 2 amide bonds. The molecule has 1 heterocycles. The van der Waals surface area contributed by atoms with Crippen molar-refractivity contribution in [1.82, 2.24) is 5.32 Å². The van der Waals surface area contributed by atoms with Gasteiger partial charge in [-0.2, -0.15) is 5.26 Å². The van der Waals surface area contributed by atoms with Gasteiger partial charge in [0.2, 0.25) is 0 Å². The molecular formula is C20H17N3OS. The average molecular weight is 347 g/mol. The number of amides is 2. The number of carbonyl (C=O) groups is 1.